The first-order valence-electron chi connectivity index (χ1n) is 9.67. The van der Waals surface area contributed by atoms with Gasteiger partial charge in [0.25, 0.3) is 0 Å². The van der Waals surface area contributed by atoms with Crippen LogP contribution in [0.3, 0.4) is 0 Å². The van der Waals surface area contributed by atoms with Gasteiger partial charge in [0.05, 0.1) is 0 Å². The highest BCUT2D eigenvalue weighted by molar-refractivity contribution is 5.95. The van der Waals surface area contributed by atoms with Crippen LogP contribution in [-0.2, 0) is 16.0 Å². The maximum absolute atomic E-state index is 12.2. The Morgan fingerprint density at radius 3 is 2.28 bits per heavy atom. The molecule has 1 aliphatic rings. The third-order valence-electron chi connectivity index (χ3n) is 4.72. The number of aromatic nitrogens is 2. The fourth-order valence-electron chi connectivity index (χ4n) is 2.84. The van der Waals surface area contributed by atoms with Gasteiger partial charge in [-0.3, -0.25) is 9.59 Å². The zero-order valence-electron chi connectivity index (χ0n) is 16.1. The highest BCUT2D eigenvalue weighted by Crippen LogP contribution is 2.30. The number of benzene rings is 2. The second-order valence-corrected chi connectivity index (χ2v) is 7.26. The Morgan fingerprint density at radius 1 is 0.966 bits per heavy atom. The summed E-state index contributed by atoms with van der Waals surface area (Å²) in [5, 5.41) is 13.8. The van der Waals surface area contributed by atoms with Crippen molar-refractivity contribution >= 4 is 23.2 Å². The molecule has 0 bridgehead atoms. The van der Waals surface area contributed by atoms with Gasteiger partial charge in [-0.15, -0.1) is 10.2 Å². The summed E-state index contributed by atoms with van der Waals surface area (Å²) in [6.07, 6.45) is 2.52. The van der Waals surface area contributed by atoms with Crippen LogP contribution in [0.25, 0.3) is 11.5 Å². The Labute approximate surface area is 168 Å². The molecule has 7 nitrogen and oxygen atoms in total. The molecule has 1 heterocycles. The molecule has 0 unspecified atom stereocenters. The molecule has 2 amide bonds. The van der Waals surface area contributed by atoms with E-state index in [1.807, 2.05) is 31.2 Å². The van der Waals surface area contributed by atoms with Crippen molar-refractivity contribution in [3.63, 3.8) is 0 Å². The van der Waals surface area contributed by atoms with Crippen molar-refractivity contribution in [2.75, 3.05) is 10.6 Å². The first-order valence-corrected chi connectivity index (χ1v) is 9.67. The van der Waals surface area contributed by atoms with Crippen molar-refractivity contribution in [2.45, 2.75) is 32.6 Å². The second kappa shape index (κ2) is 8.26. The molecule has 2 N–H and O–H groups in total. The van der Waals surface area contributed by atoms with Crippen LogP contribution < -0.4 is 10.6 Å². The van der Waals surface area contributed by atoms with Crippen LogP contribution in [0.5, 0.6) is 0 Å². The molecule has 1 saturated carbocycles. The van der Waals surface area contributed by atoms with Crippen molar-refractivity contribution in [2.24, 2.45) is 5.92 Å². The molecule has 1 fully saturated rings. The van der Waals surface area contributed by atoms with Crippen molar-refractivity contribution in [1.29, 1.82) is 0 Å². The molecule has 1 aliphatic carbocycles. The molecule has 29 heavy (non-hydrogen) atoms. The van der Waals surface area contributed by atoms with Gasteiger partial charge < -0.3 is 15.1 Å². The molecular weight excluding hydrogens is 368 g/mol. The Balaban J connectivity index is 1.26. The SMILES string of the molecule is Cc1ccc(-c2nnc(CCC(=O)Nc3ccc(NC(=O)C4CC4)cc3)o2)cc1. The number of hydrogen-bond acceptors (Lipinski definition) is 5. The highest BCUT2D eigenvalue weighted by atomic mass is 16.4. The van der Waals surface area contributed by atoms with Gasteiger partial charge in [-0.25, -0.2) is 0 Å². The van der Waals surface area contributed by atoms with E-state index < -0.39 is 0 Å². The smallest absolute Gasteiger partial charge is 0.247 e. The summed E-state index contributed by atoms with van der Waals surface area (Å²) in [5.74, 6) is 0.949. The minimum absolute atomic E-state index is 0.0614. The van der Waals surface area contributed by atoms with Gasteiger partial charge in [-0.05, 0) is 56.2 Å². The minimum Gasteiger partial charge on any atom is -0.421 e. The van der Waals surface area contributed by atoms with Crippen LogP contribution in [0.1, 0.15) is 30.7 Å². The lowest BCUT2D eigenvalue weighted by Gasteiger charge is -2.07. The Morgan fingerprint density at radius 2 is 1.62 bits per heavy atom. The largest absolute Gasteiger partial charge is 0.421 e. The average molecular weight is 390 g/mol. The standard InChI is InChI=1S/C22H22N4O3/c1-14-2-4-16(5-3-14)22-26-25-20(29-22)13-12-19(27)23-17-8-10-18(11-9-17)24-21(28)15-6-7-15/h2-5,8-11,15H,6-7,12-13H2,1H3,(H,23,27)(H,24,28). The molecule has 1 aromatic heterocycles. The van der Waals surface area contributed by atoms with E-state index in [9.17, 15) is 9.59 Å². The molecule has 2 aromatic carbocycles. The van der Waals surface area contributed by atoms with Gasteiger partial charge in [0, 0.05) is 35.7 Å². The van der Waals surface area contributed by atoms with Crippen LogP contribution in [0.2, 0.25) is 0 Å². The monoisotopic (exact) mass is 390 g/mol. The number of amides is 2. The van der Waals surface area contributed by atoms with Crippen LogP contribution in [-0.4, -0.2) is 22.0 Å². The van der Waals surface area contributed by atoms with Gasteiger partial charge in [0.1, 0.15) is 0 Å². The van der Waals surface area contributed by atoms with Gasteiger partial charge >= 0.3 is 0 Å². The molecule has 0 atom stereocenters. The first kappa shape index (κ1) is 18.9. The Hall–Kier alpha value is -3.48. The van der Waals surface area contributed by atoms with E-state index in [-0.39, 0.29) is 24.2 Å². The molecule has 148 valence electrons. The van der Waals surface area contributed by atoms with E-state index >= 15 is 0 Å². The lowest BCUT2D eigenvalue weighted by Crippen LogP contribution is -2.14. The third kappa shape index (κ3) is 5.07. The number of rotatable bonds is 7. The molecule has 0 aliphatic heterocycles. The van der Waals surface area contributed by atoms with Crippen molar-refractivity contribution in [1.82, 2.24) is 10.2 Å². The molecular formula is C22H22N4O3. The number of anilines is 2. The summed E-state index contributed by atoms with van der Waals surface area (Å²) >= 11 is 0. The summed E-state index contributed by atoms with van der Waals surface area (Å²) in [6, 6.07) is 14.9. The predicted octanol–water partition coefficient (Wildman–Crippen LogP) is 3.96. The van der Waals surface area contributed by atoms with Gasteiger partial charge in [-0.2, -0.15) is 0 Å². The van der Waals surface area contributed by atoms with Crippen molar-refractivity contribution < 1.29 is 14.0 Å². The summed E-state index contributed by atoms with van der Waals surface area (Å²) in [4.78, 5) is 24.0. The van der Waals surface area contributed by atoms with E-state index in [1.54, 1.807) is 24.3 Å². The van der Waals surface area contributed by atoms with Gasteiger partial charge in [-0.1, -0.05) is 17.7 Å². The number of nitrogens with one attached hydrogen (secondary N) is 2. The summed E-state index contributed by atoms with van der Waals surface area (Å²) in [5.41, 5.74) is 3.41. The maximum atomic E-state index is 12.2. The summed E-state index contributed by atoms with van der Waals surface area (Å²) in [7, 11) is 0. The van der Waals surface area contributed by atoms with Crippen molar-refractivity contribution in [3.8, 4) is 11.5 Å². The summed E-state index contributed by atoms with van der Waals surface area (Å²) < 4.78 is 5.64. The van der Waals surface area contributed by atoms with Crippen LogP contribution >= 0.6 is 0 Å². The fraction of sp³-hybridized carbons (Fsp3) is 0.273. The number of hydrogen-bond donors (Lipinski definition) is 2. The van der Waals surface area contributed by atoms with Gasteiger partial charge in [0.2, 0.25) is 23.6 Å². The minimum atomic E-state index is -0.144. The zero-order valence-corrected chi connectivity index (χ0v) is 16.1. The highest BCUT2D eigenvalue weighted by Gasteiger charge is 2.29. The molecule has 0 radical (unpaired) electrons. The second-order valence-electron chi connectivity index (χ2n) is 7.26. The summed E-state index contributed by atoms with van der Waals surface area (Å²) in [6.45, 7) is 2.01. The lowest BCUT2D eigenvalue weighted by atomic mass is 10.1. The van der Waals surface area contributed by atoms with Crippen LogP contribution in [0, 0.1) is 12.8 Å². The molecule has 3 aromatic rings. The molecule has 0 spiro atoms. The fourth-order valence-corrected chi connectivity index (χ4v) is 2.84. The quantitative estimate of drug-likeness (QED) is 0.636. The molecule has 7 heteroatoms. The Bertz CT molecular complexity index is 1010. The van der Waals surface area contributed by atoms with Crippen LogP contribution in [0.15, 0.2) is 52.9 Å². The maximum Gasteiger partial charge on any atom is 0.247 e. The van der Waals surface area contributed by atoms with Crippen LogP contribution in [0.4, 0.5) is 11.4 Å². The van der Waals surface area contributed by atoms with E-state index in [4.69, 9.17) is 4.42 Å². The zero-order chi connectivity index (χ0) is 20.2. The topological polar surface area (TPSA) is 97.1 Å². The van der Waals surface area contributed by atoms with E-state index in [0.29, 0.717) is 23.9 Å². The normalized spacial score (nSPS) is 13.1. The van der Waals surface area contributed by atoms with Crippen molar-refractivity contribution in [3.05, 3.63) is 60.0 Å². The predicted molar refractivity (Wildman–Crippen MR) is 109 cm³/mol. The van der Waals surface area contributed by atoms with Gasteiger partial charge in [0.15, 0.2) is 0 Å². The van der Waals surface area contributed by atoms with E-state index in [1.165, 1.54) is 0 Å². The Kier molecular flexibility index (Phi) is 5.37. The number of aryl methyl sites for hydroxylation is 2. The molecule has 0 saturated heterocycles. The number of carbonyl (C=O) groups is 2. The number of carbonyl (C=O) groups excluding carboxylic acids is 2. The first-order chi connectivity index (χ1) is 14.1. The lowest BCUT2D eigenvalue weighted by molar-refractivity contribution is -0.117. The van der Waals surface area contributed by atoms with E-state index in [2.05, 4.69) is 20.8 Å². The van der Waals surface area contributed by atoms with E-state index in [0.717, 1.165) is 29.7 Å². The third-order valence-corrected chi connectivity index (χ3v) is 4.72. The average Bonchev–Trinajstić information content (AvgIpc) is 3.47. The number of nitrogens with zero attached hydrogens (tertiary/aromatic N) is 2. The molecule has 4 rings (SSSR count).